The molecule has 1 aliphatic carbocycles. The molecule has 1 aromatic rings. The van der Waals surface area contributed by atoms with Gasteiger partial charge in [-0.2, -0.15) is 0 Å². The number of rotatable bonds is 6. The molecule has 116 valence electrons. The van der Waals surface area contributed by atoms with Crippen molar-refractivity contribution in [2.45, 2.75) is 52.9 Å². The molecule has 0 atom stereocenters. The van der Waals surface area contributed by atoms with Crippen molar-refractivity contribution in [1.82, 2.24) is 4.98 Å². The Morgan fingerprint density at radius 3 is 2.62 bits per heavy atom. The second-order valence-electron chi connectivity index (χ2n) is 6.77. The number of anilines is 1. The van der Waals surface area contributed by atoms with Crippen LogP contribution in [0.2, 0.25) is 0 Å². The Balaban J connectivity index is 2.04. The largest absolute Gasteiger partial charge is 0.370 e. The van der Waals surface area contributed by atoms with Crippen molar-refractivity contribution in [3.05, 3.63) is 27.9 Å². The van der Waals surface area contributed by atoms with Gasteiger partial charge in [-0.3, -0.25) is 10.1 Å². The SMILES string of the molecule is Cc1cc(NCC2(CC(C)C)CCCC2)ncc1[N+](=O)[O-]. The van der Waals surface area contributed by atoms with E-state index >= 15 is 0 Å². The first-order chi connectivity index (χ1) is 9.92. The molecule has 0 bridgehead atoms. The van der Waals surface area contributed by atoms with Gasteiger partial charge in [0.1, 0.15) is 12.0 Å². The molecule has 1 aliphatic rings. The van der Waals surface area contributed by atoms with Crippen LogP contribution in [0, 0.1) is 28.4 Å². The number of aromatic nitrogens is 1. The predicted octanol–water partition coefficient (Wildman–Crippen LogP) is 4.32. The fraction of sp³-hybridized carbons (Fsp3) is 0.688. The van der Waals surface area contributed by atoms with Crippen LogP contribution in [0.4, 0.5) is 11.5 Å². The molecule has 1 N–H and O–H groups in total. The zero-order chi connectivity index (χ0) is 15.5. The van der Waals surface area contributed by atoms with Crippen LogP contribution in [-0.2, 0) is 0 Å². The van der Waals surface area contributed by atoms with Crippen LogP contribution in [0.5, 0.6) is 0 Å². The van der Waals surface area contributed by atoms with Gasteiger partial charge >= 0.3 is 0 Å². The van der Waals surface area contributed by atoms with E-state index in [1.165, 1.54) is 38.3 Å². The highest BCUT2D eigenvalue weighted by Gasteiger charge is 2.34. The fourth-order valence-corrected chi connectivity index (χ4v) is 3.56. The maximum Gasteiger partial charge on any atom is 0.290 e. The first-order valence-electron chi connectivity index (χ1n) is 7.77. The van der Waals surface area contributed by atoms with Crippen LogP contribution in [-0.4, -0.2) is 16.5 Å². The molecule has 0 spiro atoms. The van der Waals surface area contributed by atoms with E-state index in [1.807, 2.05) is 0 Å². The molecule has 1 fully saturated rings. The second-order valence-corrected chi connectivity index (χ2v) is 6.77. The summed E-state index contributed by atoms with van der Waals surface area (Å²) in [7, 11) is 0. The van der Waals surface area contributed by atoms with E-state index in [2.05, 4.69) is 24.1 Å². The van der Waals surface area contributed by atoms with Crippen molar-refractivity contribution in [2.24, 2.45) is 11.3 Å². The Hall–Kier alpha value is -1.65. The van der Waals surface area contributed by atoms with Gasteiger partial charge < -0.3 is 5.32 Å². The predicted molar refractivity (Wildman–Crippen MR) is 84.5 cm³/mol. The van der Waals surface area contributed by atoms with E-state index in [4.69, 9.17) is 0 Å². The minimum atomic E-state index is -0.386. The Kier molecular flexibility index (Phi) is 4.80. The smallest absolute Gasteiger partial charge is 0.290 e. The van der Waals surface area contributed by atoms with E-state index in [9.17, 15) is 10.1 Å². The van der Waals surface area contributed by atoms with E-state index in [0.29, 0.717) is 16.9 Å². The number of hydrogen-bond acceptors (Lipinski definition) is 4. The maximum atomic E-state index is 10.8. The van der Waals surface area contributed by atoms with Crippen molar-refractivity contribution < 1.29 is 4.92 Å². The highest BCUT2D eigenvalue weighted by atomic mass is 16.6. The first kappa shape index (κ1) is 15.7. The summed E-state index contributed by atoms with van der Waals surface area (Å²) < 4.78 is 0. The normalized spacial score (nSPS) is 17.1. The molecule has 1 heterocycles. The van der Waals surface area contributed by atoms with Crippen molar-refractivity contribution in [1.29, 1.82) is 0 Å². The third-order valence-corrected chi connectivity index (χ3v) is 4.43. The third kappa shape index (κ3) is 3.93. The van der Waals surface area contributed by atoms with Crippen LogP contribution < -0.4 is 5.32 Å². The summed E-state index contributed by atoms with van der Waals surface area (Å²) in [5, 5.41) is 14.2. The summed E-state index contributed by atoms with van der Waals surface area (Å²) in [6.07, 6.45) is 7.73. The second kappa shape index (κ2) is 6.41. The number of nitrogens with zero attached hydrogens (tertiary/aromatic N) is 2. The molecule has 2 rings (SSSR count). The molecular formula is C16H25N3O2. The van der Waals surface area contributed by atoms with Gasteiger partial charge in [0.05, 0.1) is 4.92 Å². The Morgan fingerprint density at radius 1 is 1.43 bits per heavy atom. The first-order valence-corrected chi connectivity index (χ1v) is 7.77. The molecule has 0 saturated heterocycles. The van der Waals surface area contributed by atoms with Crippen LogP contribution in [0.3, 0.4) is 0 Å². The quantitative estimate of drug-likeness (QED) is 0.626. The highest BCUT2D eigenvalue weighted by molar-refractivity contribution is 5.46. The molecule has 0 aliphatic heterocycles. The number of nitro groups is 1. The zero-order valence-electron chi connectivity index (χ0n) is 13.2. The average Bonchev–Trinajstić information content (AvgIpc) is 2.84. The standard InChI is InChI=1S/C16H25N3O2/c1-12(2)9-16(6-4-5-7-16)11-18-15-8-13(3)14(10-17-15)19(20)21/h8,10,12H,4-7,9,11H2,1-3H3,(H,17,18). The summed E-state index contributed by atoms with van der Waals surface area (Å²) in [6, 6.07) is 1.77. The van der Waals surface area contributed by atoms with Crippen LogP contribution in [0.25, 0.3) is 0 Å². The Bertz CT molecular complexity index is 508. The minimum absolute atomic E-state index is 0.0818. The lowest BCUT2D eigenvalue weighted by Gasteiger charge is -2.31. The molecule has 0 amide bonds. The molecule has 21 heavy (non-hydrogen) atoms. The van der Waals surface area contributed by atoms with Gasteiger partial charge in [-0.05, 0) is 43.6 Å². The molecule has 0 unspecified atom stereocenters. The molecule has 1 saturated carbocycles. The molecule has 0 radical (unpaired) electrons. The van der Waals surface area contributed by atoms with Gasteiger partial charge in [0.15, 0.2) is 0 Å². The van der Waals surface area contributed by atoms with Crippen molar-refractivity contribution in [2.75, 3.05) is 11.9 Å². The van der Waals surface area contributed by atoms with Gasteiger partial charge in [0.25, 0.3) is 5.69 Å². The van der Waals surface area contributed by atoms with E-state index in [0.717, 1.165) is 12.4 Å². The van der Waals surface area contributed by atoms with Crippen molar-refractivity contribution >= 4 is 11.5 Å². The van der Waals surface area contributed by atoms with Gasteiger partial charge in [0.2, 0.25) is 0 Å². The molecule has 5 nitrogen and oxygen atoms in total. The van der Waals surface area contributed by atoms with Gasteiger partial charge in [-0.25, -0.2) is 4.98 Å². The maximum absolute atomic E-state index is 10.8. The minimum Gasteiger partial charge on any atom is -0.370 e. The topological polar surface area (TPSA) is 68.1 Å². The van der Waals surface area contributed by atoms with E-state index in [-0.39, 0.29) is 10.6 Å². The fourth-order valence-electron chi connectivity index (χ4n) is 3.56. The zero-order valence-corrected chi connectivity index (χ0v) is 13.2. The molecule has 0 aromatic carbocycles. The van der Waals surface area contributed by atoms with Crippen molar-refractivity contribution in [3.8, 4) is 0 Å². The lowest BCUT2D eigenvalue weighted by atomic mass is 9.78. The summed E-state index contributed by atoms with van der Waals surface area (Å²) >= 11 is 0. The number of nitrogens with one attached hydrogen (secondary N) is 1. The van der Waals surface area contributed by atoms with Gasteiger partial charge in [0, 0.05) is 12.1 Å². The molecule has 1 aromatic heterocycles. The summed E-state index contributed by atoms with van der Waals surface area (Å²) in [5.74, 6) is 1.43. The number of pyridine rings is 1. The molecule has 5 heteroatoms. The highest BCUT2D eigenvalue weighted by Crippen LogP contribution is 2.43. The average molecular weight is 291 g/mol. The van der Waals surface area contributed by atoms with Gasteiger partial charge in [-0.15, -0.1) is 0 Å². The lowest BCUT2D eigenvalue weighted by molar-refractivity contribution is -0.385. The lowest BCUT2D eigenvalue weighted by Crippen LogP contribution is -2.28. The number of hydrogen-bond donors (Lipinski definition) is 1. The Labute approximate surface area is 126 Å². The number of aryl methyl sites for hydroxylation is 1. The van der Waals surface area contributed by atoms with Crippen LogP contribution in [0.15, 0.2) is 12.3 Å². The van der Waals surface area contributed by atoms with E-state index < -0.39 is 0 Å². The monoisotopic (exact) mass is 291 g/mol. The summed E-state index contributed by atoms with van der Waals surface area (Å²) in [6.45, 7) is 7.21. The third-order valence-electron chi connectivity index (χ3n) is 4.43. The Morgan fingerprint density at radius 2 is 2.10 bits per heavy atom. The summed E-state index contributed by atoms with van der Waals surface area (Å²) in [4.78, 5) is 14.6. The van der Waals surface area contributed by atoms with Gasteiger partial charge in [-0.1, -0.05) is 26.7 Å². The summed E-state index contributed by atoms with van der Waals surface area (Å²) in [5.41, 5.74) is 1.10. The van der Waals surface area contributed by atoms with Crippen LogP contribution >= 0.6 is 0 Å². The van der Waals surface area contributed by atoms with E-state index in [1.54, 1.807) is 13.0 Å². The van der Waals surface area contributed by atoms with Crippen LogP contribution in [0.1, 0.15) is 51.5 Å². The van der Waals surface area contributed by atoms with Crippen molar-refractivity contribution in [3.63, 3.8) is 0 Å². The molecular weight excluding hydrogens is 266 g/mol.